The molecule has 0 amide bonds. The topological polar surface area (TPSA) is 31.5 Å². The Balaban J connectivity index is -0.0000000270. The smallest absolute Gasteiger partial charge is 0 e. The Labute approximate surface area is 111 Å². The van der Waals surface area contributed by atoms with Crippen molar-refractivity contribution in [3.8, 4) is 0 Å². The molecule has 0 radical (unpaired) electrons. The minimum Gasteiger partial charge on any atom is -0.412 e. The Hall–Kier alpha value is 0.830. The average molecular weight is 368 g/mol. The predicted octanol–water partition coefficient (Wildman–Crippen LogP) is 3.60. The summed E-state index contributed by atoms with van der Waals surface area (Å²) in [5.74, 6) is 1.75. The van der Waals surface area contributed by atoms with Gasteiger partial charge in [-0.25, -0.2) is 0 Å². The number of rotatable bonds is 0. The van der Waals surface area contributed by atoms with Gasteiger partial charge in [0.1, 0.15) is 0 Å². The van der Waals surface area contributed by atoms with Gasteiger partial charge in [0.05, 0.1) is 0 Å². The van der Waals surface area contributed by atoms with Crippen LogP contribution in [0.3, 0.4) is 0 Å². The van der Waals surface area contributed by atoms with Crippen molar-refractivity contribution in [3.63, 3.8) is 0 Å². The fourth-order valence-corrected chi connectivity index (χ4v) is 0. The minimum atomic E-state index is 0. The van der Waals surface area contributed by atoms with Crippen molar-refractivity contribution in [1.82, 2.24) is 0 Å². The largest absolute Gasteiger partial charge is 0.412 e. The molecule has 0 rings (SSSR count). The summed E-state index contributed by atoms with van der Waals surface area (Å²) in [5.41, 5.74) is 0. The van der Waals surface area contributed by atoms with E-state index in [2.05, 4.69) is 62.3 Å². The minimum absolute atomic E-state index is 0. The van der Waals surface area contributed by atoms with Gasteiger partial charge in [-0.3, -0.25) is 0 Å². The molecule has 0 aromatic heterocycles. The normalized spacial score (nSPS) is 7.71. The van der Waals surface area contributed by atoms with Crippen molar-refractivity contribution in [2.75, 3.05) is 0 Å². The van der Waals surface area contributed by atoms with Crippen LogP contribution in [0.5, 0.6) is 0 Å². The maximum atomic E-state index is 3.64. The summed E-state index contributed by atoms with van der Waals surface area (Å²) in [5, 5.41) is 0. The first-order valence-corrected chi connectivity index (χ1v) is 4.69. The molecule has 1 nitrogen and oxygen atoms in total. The molecule has 90 valence electrons. The molecule has 0 aromatic rings. The Morgan fingerprint density at radius 2 is 0.571 bits per heavy atom. The van der Waals surface area contributed by atoms with E-state index in [9.17, 15) is 0 Å². The molecule has 2 N–H and O–H groups in total. The van der Waals surface area contributed by atoms with Gasteiger partial charge in [-0.1, -0.05) is 41.5 Å². The third-order valence-electron chi connectivity index (χ3n) is 0. The van der Waals surface area contributed by atoms with Gasteiger partial charge in [0.25, 0.3) is 0 Å². The second-order valence-electron chi connectivity index (χ2n) is 4.18. The standard InChI is InChI=1S/3C4H9.Hf.H2O/c3*1-4(2)3;;/h3*4H,1H2,2-3H3;;1H2/q3*-1;;. The van der Waals surface area contributed by atoms with E-state index in [1.54, 1.807) is 0 Å². The fraction of sp³-hybridized carbons (Fsp3) is 0.750. The van der Waals surface area contributed by atoms with E-state index < -0.39 is 0 Å². The summed E-state index contributed by atoms with van der Waals surface area (Å²) >= 11 is 0. The van der Waals surface area contributed by atoms with Gasteiger partial charge >= 0.3 is 0 Å². The van der Waals surface area contributed by atoms with Crippen LogP contribution in [0.15, 0.2) is 0 Å². The first-order valence-electron chi connectivity index (χ1n) is 4.69. The van der Waals surface area contributed by atoms with Crippen LogP contribution in [0.4, 0.5) is 0 Å². The van der Waals surface area contributed by atoms with Gasteiger partial charge < -0.3 is 26.2 Å². The zero-order valence-corrected chi connectivity index (χ0v) is 14.4. The van der Waals surface area contributed by atoms with Crippen LogP contribution in [-0.2, 0) is 25.8 Å². The first kappa shape index (κ1) is 29.4. The Morgan fingerprint density at radius 3 is 0.571 bits per heavy atom. The molecule has 0 saturated heterocycles. The molecule has 0 spiro atoms. The molecule has 0 fully saturated rings. The molecule has 2 heteroatoms. The molecule has 0 unspecified atom stereocenters. The van der Waals surface area contributed by atoms with Crippen molar-refractivity contribution in [1.29, 1.82) is 0 Å². The molecule has 0 aliphatic rings. The second kappa shape index (κ2) is 23.6. The van der Waals surface area contributed by atoms with Crippen molar-refractivity contribution < 1.29 is 31.3 Å². The van der Waals surface area contributed by atoms with E-state index in [1.165, 1.54) is 0 Å². The van der Waals surface area contributed by atoms with E-state index in [1.807, 2.05) is 0 Å². The van der Waals surface area contributed by atoms with Gasteiger partial charge in [-0.2, -0.15) is 17.8 Å². The van der Waals surface area contributed by atoms with Crippen LogP contribution in [0.1, 0.15) is 41.5 Å². The Morgan fingerprint density at radius 1 is 0.571 bits per heavy atom. The van der Waals surface area contributed by atoms with E-state index in [4.69, 9.17) is 0 Å². The molecule has 0 aromatic carbocycles. The Bertz CT molecular complexity index is 38.8. The van der Waals surface area contributed by atoms with Crippen molar-refractivity contribution in [3.05, 3.63) is 20.8 Å². The maximum Gasteiger partial charge on any atom is 0 e. The third kappa shape index (κ3) is 2610. The van der Waals surface area contributed by atoms with Crippen LogP contribution < -0.4 is 0 Å². The van der Waals surface area contributed by atoms with Crippen LogP contribution in [0, 0.1) is 38.5 Å². The van der Waals surface area contributed by atoms with Gasteiger partial charge in [0.15, 0.2) is 0 Å². The van der Waals surface area contributed by atoms with Crippen molar-refractivity contribution in [2.45, 2.75) is 41.5 Å². The molecule has 0 saturated carbocycles. The zero-order chi connectivity index (χ0) is 10.7. The van der Waals surface area contributed by atoms with Crippen LogP contribution in [0.2, 0.25) is 0 Å². The van der Waals surface area contributed by atoms with E-state index in [0.29, 0.717) is 17.8 Å². The van der Waals surface area contributed by atoms with Gasteiger partial charge in [0.2, 0.25) is 0 Å². The van der Waals surface area contributed by atoms with Gasteiger partial charge in [-0.15, -0.1) is 0 Å². The molecule has 0 aliphatic heterocycles. The third-order valence-corrected chi connectivity index (χ3v) is 0. The van der Waals surface area contributed by atoms with Crippen molar-refractivity contribution in [2.24, 2.45) is 17.8 Å². The fourth-order valence-electron chi connectivity index (χ4n) is 0. The summed E-state index contributed by atoms with van der Waals surface area (Å²) < 4.78 is 0. The summed E-state index contributed by atoms with van der Waals surface area (Å²) in [7, 11) is 0. The summed E-state index contributed by atoms with van der Waals surface area (Å²) in [4.78, 5) is 0. The van der Waals surface area contributed by atoms with Gasteiger partial charge in [0, 0.05) is 25.8 Å². The van der Waals surface area contributed by atoms with E-state index in [-0.39, 0.29) is 31.3 Å². The van der Waals surface area contributed by atoms with Crippen LogP contribution in [0.25, 0.3) is 0 Å². The summed E-state index contributed by atoms with van der Waals surface area (Å²) in [6.45, 7) is 23.2. The first-order chi connectivity index (χ1) is 5.20. The van der Waals surface area contributed by atoms with Crippen LogP contribution in [-0.4, -0.2) is 5.48 Å². The average Bonchev–Trinajstić information content (AvgIpc) is 1.54. The molecule has 0 bridgehead atoms. The van der Waals surface area contributed by atoms with E-state index >= 15 is 0 Å². The number of hydrogen-bond acceptors (Lipinski definition) is 0. The van der Waals surface area contributed by atoms with Crippen molar-refractivity contribution >= 4 is 0 Å². The second-order valence-corrected chi connectivity index (χ2v) is 4.18. The molecular formula is C12H29HfO-3. The molecule has 14 heavy (non-hydrogen) atoms. The molecule has 0 heterocycles. The maximum absolute atomic E-state index is 3.64. The quantitative estimate of drug-likeness (QED) is 0.463. The zero-order valence-electron chi connectivity index (χ0n) is 10.9. The predicted molar refractivity (Wildman–Crippen MR) is 64.2 cm³/mol. The number of hydrogen-bond donors (Lipinski definition) is 0. The monoisotopic (exact) mass is 369 g/mol. The van der Waals surface area contributed by atoms with E-state index in [0.717, 1.165) is 0 Å². The molecule has 0 atom stereocenters. The van der Waals surface area contributed by atoms with Gasteiger partial charge in [-0.05, 0) is 0 Å². The summed E-state index contributed by atoms with van der Waals surface area (Å²) in [6, 6.07) is 0. The SMILES string of the molecule is O.[CH2-]C(C)C.[CH2-]C(C)C.[CH2-]C(C)C.[Hf]. The van der Waals surface area contributed by atoms with Crippen LogP contribution >= 0.6 is 0 Å². The molecular weight excluding hydrogens is 339 g/mol. The molecule has 0 aliphatic carbocycles. The Kier molecular flexibility index (Phi) is 49.4. The summed E-state index contributed by atoms with van der Waals surface area (Å²) in [6.07, 6.45) is 0.